The van der Waals surface area contributed by atoms with Crippen molar-refractivity contribution in [2.45, 2.75) is 0 Å². The fraction of sp³-hybridized carbons (Fsp3) is 0.222. The van der Waals surface area contributed by atoms with Crippen LogP contribution < -0.4 is 5.32 Å². The summed E-state index contributed by atoms with van der Waals surface area (Å²) in [7, 11) is 0. The first kappa shape index (κ1) is 17.0. The molecule has 1 heterocycles. The minimum Gasteiger partial charge on any atom is -0.378 e. The van der Waals surface area contributed by atoms with Crippen LogP contribution in [0.2, 0.25) is 0 Å². The number of hydrogen-bond donors (Lipinski definition) is 1. The topological polar surface area (TPSA) is 58.6 Å². The van der Waals surface area contributed by atoms with Gasteiger partial charge in [0.05, 0.1) is 13.2 Å². The number of hydrogen-bond acceptors (Lipinski definition) is 3. The molecule has 1 aliphatic heterocycles. The van der Waals surface area contributed by atoms with Crippen molar-refractivity contribution in [1.82, 2.24) is 4.90 Å². The maximum atomic E-state index is 13.2. The normalized spacial score (nSPS) is 14.2. The number of amides is 2. The maximum Gasteiger partial charge on any atom is 0.255 e. The third kappa shape index (κ3) is 4.00. The highest BCUT2D eigenvalue weighted by molar-refractivity contribution is 6.05. The first-order valence-electron chi connectivity index (χ1n) is 7.78. The van der Waals surface area contributed by atoms with Crippen molar-refractivity contribution in [2.24, 2.45) is 0 Å². The molecule has 25 heavy (non-hydrogen) atoms. The highest BCUT2D eigenvalue weighted by atomic mass is 19.2. The van der Waals surface area contributed by atoms with Gasteiger partial charge >= 0.3 is 0 Å². The average Bonchev–Trinajstić information content (AvgIpc) is 2.65. The number of nitrogens with one attached hydrogen (secondary N) is 1. The Hall–Kier alpha value is -2.80. The predicted molar refractivity (Wildman–Crippen MR) is 87.5 cm³/mol. The molecule has 3 rings (SSSR count). The summed E-state index contributed by atoms with van der Waals surface area (Å²) in [6.07, 6.45) is 0. The molecule has 0 radical (unpaired) electrons. The van der Waals surface area contributed by atoms with Gasteiger partial charge in [-0.3, -0.25) is 9.59 Å². The lowest BCUT2D eigenvalue weighted by Crippen LogP contribution is -2.40. The molecule has 0 saturated carbocycles. The fourth-order valence-electron chi connectivity index (χ4n) is 2.49. The highest BCUT2D eigenvalue weighted by Crippen LogP contribution is 2.15. The molecule has 0 atom stereocenters. The van der Waals surface area contributed by atoms with E-state index in [0.29, 0.717) is 37.4 Å². The zero-order valence-electron chi connectivity index (χ0n) is 13.3. The van der Waals surface area contributed by atoms with E-state index in [1.807, 2.05) is 0 Å². The Morgan fingerprint density at radius 1 is 0.920 bits per heavy atom. The van der Waals surface area contributed by atoms with E-state index < -0.39 is 17.5 Å². The van der Waals surface area contributed by atoms with Gasteiger partial charge < -0.3 is 15.0 Å². The standard InChI is InChI=1S/C18H16F2N2O3/c19-15-6-5-14(11-16(15)20)21-17(23)12-1-3-13(4-2-12)18(24)22-7-9-25-10-8-22/h1-6,11H,7-10H2,(H,21,23). The third-order valence-electron chi connectivity index (χ3n) is 3.87. The van der Waals surface area contributed by atoms with E-state index in [-0.39, 0.29) is 11.6 Å². The monoisotopic (exact) mass is 346 g/mol. The first-order chi connectivity index (χ1) is 12.0. The zero-order chi connectivity index (χ0) is 17.8. The zero-order valence-corrected chi connectivity index (χ0v) is 13.3. The summed E-state index contributed by atoms with van der Waals surface area (Å²) in [5.41, 5.74) is 0.937. The second kappa shape index (κ2) is 7.40. The number of nitrogens with zero attached hydrogens (tertiary/aromatic N) is 1. The molecule has 1 aliphatic rings. The van der Waals surface area contributed by atoms with E-state index in [4.69, 9.17) is 4.74 Å². The molecule has 5 nitrogen and oxygen atoms in total. The number of rotatable bonds is 3. The van der Waals surface area contributed by atoms with Gasteiger partial charge in [-0.1, -0.05) is 0 Å². The summed E-state index contributed by atoms with van der Waals surface area (Å²) in [5, 5.41) is 2.48. The summed E-state index contributed by atoms with van der Waals surface area (Å²) < 4.78 is 31.3. The Bertz CT molecular complexity index is 787. The molecule has 7 heteroatoms. The third-order valence-corrected chi connectivity index (χ3v) is 3.87. The molecule has 2 aromatic rings. The highest BCUT2D eigenvalue weighted by Gasteiger charge is 2.18. The van der Waals surface area contributed by atoms with Gasteiger partial charge in [0, 0.05) is 36.0 Å². The minimum absolute atomic E-state index is 0.115. The van der Waals surface area contributed by atoms with Crippen molar-refractivity contribution in [3.05, 3.63) is 65.2 Å². The van der Waals surface area contributed by atoms with Gasteiger partial charge in [0.1, 0.15) is 0 Å². The van der Waals surface area contributed by atoms with Crippen molar-refractivity contribution in [3.63, 3.8) is 0 Å². The van der Waals surface area contributed by atoms with Crippen LogP contribution in [-0.4, -0.2) is 43.0 Å². The molecule has 0 spiro atoms. The molecule has 0 bridgehead atoms. The Morgan fingerprint density at radius 2 is 1.56 bits per heavy atom. The Labute approximate surface area is 143 Å². The summed E-state index contributed by atoms with van der Waals surface area (Å²) in [6.45, 7) is 2.11. The lowest BCUT2D eigenvalue weighted by Gasteiger charge is -2.26. The van der Waals surface area contributed by atoms with Crippen LogP contribution in [0.1, 0.15) is 20.7 Å². The maximum absolute atomic E-state index is 13.2. The van der Waals surface area contributed by atoms with Crippen LogP contribution in [0.5, 0.6) is 0 Å². The molecule has 130 valence electrons. The van der Waals surface area contributed by atoms with Gasteiger partial charge in [-0.05, 0) is 36.4 Å². The summed E-state index contributed by atoms with van der Waals surface area (Å²) in [6, 6.07) is 9.28. The molecular formula is C18H16F2N2O3. The molecule has 2 amide bonds. The summed E-state index contributed by atoms with van der Waals surface area (Å²) in [5.74, 6) is -2.61. The number of benzene rings is 2. The van der Waals surface area contributed by atoms with Crippen LogP contribution in [0.25, 0.3) is 0 Å². The van der Waals surface area contributed by atoms with Crippen LogP contribution in [0.15, 0.2) is 42.5 Å². The van der Waals surface area contributed by atoms with E-state index in [0.717, 1.165) is 12.1 Å². The van der Waals surface area contributed by atoms with E-state index in [9.17, 15) is 18.4 Å². The average molecular weight is 346 g/mol. The van der Waals surface area contributed by atoms with Gasteiger partial charge in [0.2, 0.25) is 0 Å². The van der Waals surface area contributed by atoms with Gasteiger partial charge in [-0.2, -0.15) is 0 Å². The van der Waals surface area contributed by atoms with Crippen LogP contribution in [-0.2, 0) is 4.74 Å². The minimum atomic E-state index is -1.04. The quantitative estimate of drug-likeness (QED) is 0.930. The van der Waals surface area contributed by atoms with Crippen molar-refractivity contribution >= 4 is 17.5 Å². The lowest BCUT2D eigenvalue weighted by atomic mass is 10.1. The first-order valence-corrected chi connectivity index (χ1v) is 7.78. The van der Waals surface area contributed by atoms with E-state index in [1.165, 1.54) is 18.2 Å². The van der Waals surface area contributed by atoms with Crippen LogP contribution >= 0.6 is 0 Å². The molecular weight excluding hydrogens is 330 g/mol. The van der Waals surface area contributed by atoms with Crippen molar-refractivity contribution < 1.29 is 23.1 Å². The second-order valence-corrected chi connectivity index (χ2v) is 5.56. The van der Waals surface area contributed by atoms with Gasteiger partial charge in [0.15, 0.2) is 11.6 Å². The number of halogens is 2. The van der Waals surface area contributed by atoms with E-state index in [1.54, 1.807) is 17.0 Å². The van der Waals surface area contributed by atoms with E-state index in [2.05, 4.69) is 5.32 Å². The Morgan fingerprint density at radius 3 is 2.20 bits per heavy atom. The number of anilines is 1. The van der Waals surface area contributed by atoms with Crippen LogP contribution in [0, 0.1) is 11.6 Å². The largest absolute Gasteiger partial charge is 0.378 e. The molecule has 0 aliphatic carbocycles. The molecule has 1 fully saturated rings. The number of carbonyl (C=O) groups excluding carboxylic acids is 2. The van der Waals surface area contributed by atoms with Gasteiger partial charge in [-0.15, -0.1) is 0 Å². The van der Waals surface area contributed by atoms with Crippen molar-refractivity contribution in [3.8, 4) is 0 Å². The second-order valence-electron chi connectivity index (χ2n) is 5.56. The predicted octanol–water partition coefficient (Wildman–Crippen LogP) is 2.69. The van der Waals surface area contributed by atoms with Crippen molar-refractivity contribution in [1.29, 1.82) is 0 Å². The van der Waals surface area contributed by atoms with E-state index >= 15 is 0 Å². The van der Waals surface area contributed by atoms with Crippen LogP contribution in [0.3, 0.4) is 0 Å². The lowest BCUT2D eigenvalue weighted by molar-refractivity contribution is 0.0303. The summed E-state index contributed by atoms with van der Waals surface area (Å²) in [4.78, 5) is 26.2. The molecule has 0 aromatic heterocycles. The summed E-state index contributed by atoms with van der Waals surface area (Å²) >= 11 is 0. The molecule has 2 aromatic carbocycles. The molecule has 0 unspecified atom stereocenters. The Kier molecular flexibility index (Phi) is 5.04. The van der Waals surface area contributed by atoms with Gasteiger partial charge in [0.25, 0.3) is 11.8 Å². The van der Waals surface area contributed by atoms with Crippen LogP contribution in [0.4, 0.5) is 14.5 Å². The van der Waals surface area contributed by atoms with Crippen molar-refractivity contribution in [2.75, 3.05) is 31.6 Å². The smallest absolute Gasteiger partial charge is 0.255 e. The molecule has 1 saturated heterocycles. The number of carbonyl (C=O) groups is 2. The Balaban J connectivity index is 1.67. The molecule has 1 N–H and O–H groups in total. The number of morpholine rings is 1. The number of ether oxygens (including phenoxy) is 1. The van der Waals surface area contributed by atoms with Gasteiger partial charge in [-0.25, -0.2) is 8.78 Å². The SMILES string of the molecule is O=C(Nc1ccc(F)c(F)c1)c1ccc(C(=O)N2CCOCC2)cc1. The fourth-order valence-corrected chi connectivity index (χ4v) is 2.49.